The van der Waals surface area contributed by atoms with Crippen molar-refractivity contribution in [2.24, 2.45) is 0 Å². The first-order valence-corrected chi connectivity index (χ1v) is 12.5. The number of carboxylic acids is 1. The van der Waals surface area contributed by atoms with Crippen molar-refractivity contribution in [3.05, 3.63) is 81.9 Å². The predicted octanol–water partition coefficient (Wildman–Crippen LogP) is 6.43. The third-order valence-electron chi connectivity index (χ3n) is 6.74. The van der Waals surface area contributed by atoms with Crippen LogP contribution in [0.15, 0.2) is 48.5 Å². The molecule has 3 aromatic rings. The monoisotopic (exact) mass is 501 g/mol. The molecule has 1 heterocycles. The smallest absolute Gasteiger partial charge is 0.337 e. The Labute approximate surface area is 218 Å². The van der Waals surface area contributed by atoms with E-state index in [0.717, 1.165) is 39.1 Å². The second kappa shape index (κ2) is 10.0. The Morgan fingerprint density at radius 3 is 2.22 bits per heavy atom. The first kappa shape index (κ1) is 26.4. The van der Waals surface area contributed by atoms with Crippen molar-refractivity contribution in [3.8, 4) is 16.9 Å². The minimum Gasteiger partial charge on any atom is -0.497 e. The molecule has 0 aliphatic carbocycles. The molecule has 37 heavy (non-hydrogen) atoms. The summed E-state index contributed by atoms with van der Waals surface area (Å²) < 4.78 is 11.4. The van der Waals surface area contributed by atoms with Gasteiger partial charge in [0.15, 0.2) is 6.10 Å². The van der Waals surface area contributed by atoms with Gasteiger partial charge in [0.2, 0.25) is 0 Å². The molecular weight excluding hydrogens is 466 g/mol. The lowest BCUT2D eigenvalue weighted by Gasteiger charge is -2.29. The van der Waals surface area contributed by atoms with E-state index < -0.39 is 17.7 Å². The van der Waals surface area contributed by atoms with E-state index in [4.69, 9.17) is 9.47 Å². The topological polar surface area (TPSA) is 76.1 Å². The number of benzene rings is 3. The predicted molar refractivity (Wildman–Crippen MR) is 146 cm³/mol. The summed E-state index contributed by atoms with van der Waals surface area (Å²) in [5.74, 6) is -0.413. The Bertz CT molecular complexity index is 1350. The quantitative estimate of drug-likeness (QED) is 0.421. The fraction of sp³-hybridized carbons (Fsp3) is 0.355. The molecule has 6 heteroatoms. The molecule has 1 amide bonds. The Kier molecular flexibility index (Phi) is 7.16. The van der Waals surface area contributed by atoms with E-state index in [1.165, 1.54) is 0 Å². The Morgan fingerprint density at radius 1 is 0.973 bits per heavy atom. The van der Waals surface area contributed by atoms with Crippen LogP contribution in [0.1, 0.15) is 65.1 Å². The SMILES string of the molecule is COc1ccc(C(=O)N2CCc3c2cc(C)c([C@H](OC(C)(C)C)C(=O)O)c3-c2ccc(C)cc2)c(C)c1. The fourth-order valence-electron chi connectivity index (χ4n) is 5.03. The first-order chi connectivity index (χ1) is 17.4. The van der Waals surface area contributed by atoms with Crippen molar-refractivity contribution in [1.82, 2.24) is 0 Å². The molecule has 0 fully saturated rings. The van der Waals surface area contributed by atoms with Gasteiger partial charge < -0.3 is 19.5 Å². The lowest BCUT2D eigenvalue weighted by Crippen LogP contribution is -2.30. The van der Waals surface area contributed by atoms with Gasteiger partial charge in [-0.15, -0.1) is 0 Å². The Morgan fingerprint density at radius 2 is 1.65 bits per heavy atom. The number of carbonyl (C=O) groups excluding carboxylic acids is 1. The molecule has 0 spiro atoms. The molecule has 194 valence electrons. The van der Waals surface area contributed by atoms with Gasteiger partial charge in [-0.2, -0.15) is 0 Å². The molecule has 1 atom stereocenters. The number of carbonyl (C=O) groups is 2. The number of fused-ring (bicyclic) bond motifs is 1. The standard InChI is InChI=1S/C31H35NO5/c1-18-8-10-21(11-9-18)27-24-14-15-32(29(33)23-13-12-22(36-7)16-19(23)2)25(24)17-20(3)26(27)28(30(34)35)37-31(4,5)6/h8-13,16-17,28H,14-15H2,1-7H3,(H,34,35)/t28-/m0/s1. The maximum Gasteiger partial charge on any atom is 0.337 e. The number of rotatable bonds is 6. The van der Waals surface area contributed by atoms with Gasteiger partial charge in [-0.25, -0.2) is 4.79 Å². The van der Waals surface area contributed by atoms with E-state index in [-0.39, 0.29) is 5.91 Å². The summed E-state index contributed by atoms with van der Waals surface area (Å²) in [5, 5.41) is 10.2. The van der Waals surface area contributed by atoms with Crippen molar-refractivity contribution >= 4 is 17.6 Å². The third kappa shape index (κ3) is 5.25. The second-order valence-corrected chi connectivity index (χ2v) is 10.7. The molecule has 0 saturated heterocycles. The Hall–Kier alpha value is -3.64. The van der Waals surface area contributed by atoms with Crippen LogP contribution in [0.3, 0.4) is 0 Å². The highest BCUT2D eigenvalue weighted by Crippen LogP contribution is 2.45. The van der Waals surface area contributed by atoms with Crippen molar-refractivity contribution in [2.75, 3.05) is 18.6 Å². The van der Waals surface area contributed by atoms with E-state index in [1.807, 2.05) is 77.9 Å². The number of aliphatic carboxylic acids is 1. The molecule has 0 unspecified atom stereocenters. The maximum absolute atomic E-state index is 13.7. The number of amides is 1. The second-order valence-electron chi connectivity index (χ2n) is 10.7. The van der Waals surface area contributed by atoms with Crippen LogP contribution < -0.4 is 9.64 Å². The zero-order valence-electron chi connectivity index (χ0n) is 22.6. The van der Waals surface area contributed by atoms with E-state index in [0.29, 0.717) is 29.8 Å². The van der Waals surface area contributed by atoms with Gasteiger partial charge in [0, 0.05) is 23.4 Å². The number of hydrogen-bond acceptors (Lipinski definition) is 4. The molecule has 1 N–H and O–H groups in total. The summed E-state index contributed by atoms with van der Waals surface area (Å²) >= 11 is 0. The summed E-state index contributed by atoms with van der Waals surface area (Å²) in [6.45, 7) is 11.9. The van der Waals surface area contributed by atoms with E-state index in [1.54, 1.807) is 24.1 Å². The number of nitrogens with zero attached hydrogens (tertiary/aromatic N) is 1. The summed E-state index contributed by atoms with van der Waals surface area (Å²) in [4.78, 5) is 28.0. The lowest BCUT2D eigenvalue weighted by atomic mass is 9.86. The van der Waals surface area contributed by atoms with Crippen molar-refractivity contribution < 1.29 is 24.2 Å². The van der Waals surface area contributed by atoms with Gasteiger partial charge in [-0.3, -0.25) is 4.79 Å². The molecular formula is C31H35NO5. The molecule has 0 bridgehead atoms. The highest BCUT2D eigenvalue weighted by atomic mass is 16.5. The molecule has 3 aromatic carbocycles. The van der Waals surface area contributed by atoms with Crippen LogP contribution in [-0.2, 0) is 16.0 Å². The number of anilines is 1. The van der Waals surface area contributed by atoms with Crippen LogP contribution >= 0.6 is 0 Å². The van der Waals surface area contributed by atoms with Crippen LogP contribution in [-0.4, -0.2) is 36.2 Å². The molecule has 1 aliphatic heterocycles. The Balaban J connectivity index is 1.91. The van der Waals surface area contributed by atoms with E-state index in [9.17, 15) is 14.7 Å². The van der Waals surface area contributed by atoms with Gasteiger partial charge in [0.1, 0.15) is 5.75 Å². The molecule has 0 radical (unpaired) electrons. The minimum absolute atomic E-state index is 0.0818. The van der Waals surface area contributed by atoms with Crippen LogP contribution in [0, 0.1) is 20.8 Å². The minimum atomic E-state index is -1.14. The number of hydrogen-bond donors (Lipinski definition) is 1. The van der Waals surface area contributed by atoms with Gasteiger partial charge in [-0.1, -0.05) is 29.8 Å². The summed E-state index contributed by atoms with van der Waals surface area (Å²) in [7, 11) is 1.60. The average Bonchev–Trinajstić information content (AvgIpc) is 3.24. The van der Waals surface area contributed by atoms with Crippen molar-refractivity contribution in [1.29, 1.82) is 0 Å². The molecule has 0 aromatic heterocycles. The molecule has 4 rings (SSSR count). The largest absolute Gasteiger partial charge is 0.497 e. The van der Waals surface area contributed by atoms with Gasteiger partial charge in [0.05, 0.1) is 12.7 Å². The third-order valence-corrected chi connectivity index (χ3v) is 6.74. The normalized spacial score (nSPS) is 13.9. The summed E-state index contributed by atoms with van der Waals surface area (Å²) in [5.41, 5.74) is 6.87. The van der Waals surface area contributed by atoms with Crippen LogP contribution in [0.5, 0.6) is 5.75 Å². The van der Waals surface area contributed by atoms with Gasteiger partial charge >= 0.3 is 5.97 Å². The van der Waals surface area contributed by atoms with Crippen LogP contribution in [0.4, 0.5) is 5.69 Å². The highest BCUT2D eigenvalue weighted by Gasteiger charge is 2.36. The van der Waals surface area contributed by atoms with Crippen LogP contribution in [0.25, 0.3) is 11.1 Å². The first-order valence-electron chi connectivity index (χ1n) is 12.5. The molecule has 1 aliphatic rings. The van der Waals surface area contributed by atoms with E-state index in [2.05, 4.69) is 0 Å². The molecule has 0 saturated carbocycles. The fourth-order valence-corrected chi connectivity index (χ4v) is 5.03. The summed E-state index contributed by atoms with van der Waals surface area (Å²) in [6, 6.07) is 15.5. The van der Waals surface area contributed by atoms with E-state index >= 15 is 0 Å². The highest BCUT2D eigenvalue weighted by molar-refractivity contribution is 6.09. The van der Waals surface area contributed by atoms with Gasteiger partial charge in [-0.05, 0) is 100 Å². The maximum atomic E-state index is 13.7. The summed E-state index contributed by atoms with van der Waals surface area (Å²) in [6.07, 6.45) is -0.524. The van der Waals surface area contributed by atoms with Crippen molar-refractivity contribution in [2.45, 2.75) is 59.7 Å². The zero-order chi connectivity index (χ0) is 27.1. The average molecular weight is 502 g/mol. The number of methoxy groups -OCH3 is 1. The molecule has 6 nitrogen and oxygen atoms in total. The van der Waals surface area contributed by atoms with Gasteiger partial charge in [0.25, 0.3) is 5.91 Å². The van der Waals surface area contributed by atoms with Crippen LogP contribution in [0.2, 0.25) is 0 Å². The number of ether oxygens (including phenoxy) is 2. The van der Waals surface area contributed by atoms with Crippen molar-refractivity contribution in [3.63, 3.8) is 0 Å². The number of carboxylic acid groups (broad SMARTS) is 1. The zero-order valence-corrected chi connectivity index (χ0v) is 22.6. The lowest BCUT2D eigenvalue weighted by molar-refractivity contribution is -0.160. The number of aryl methyl sites for hydroxylation is 3.